The van der Waals surface area contributed by atoms with Gasteiger partial charge in [-0.15, -0.1) is 0 Å². The quantitative estimate of drug-likeness (QED) is 0.788. The Bertz CT molecular complexity index is 834. The van der Waals surface area contributed by atoms with E-state index in [0.717, 1.165) is 12.0 Å². The summed E-state index contributed by atoms with van der Waals surface area (Å²) >= 11 is 0. The van der Waals surface area contributed by atoms with Gasteiger partial charge in [-0.05, 0) is 30.2 Å². The summed E-state index contributed by atoms with van der Waals surface area (Å²) in [5, 5.41) is 3.07. The van der Waals surface area contributed by atoms with E-state index in [0.29, 0.717) is 22.3 Å². The molecular weight excluding hydrogens is 281 g/mol. The molecule has 1 N–H and O–H groups in total. The van der Waals surface area contributed by atoms with Gasteiger partial charge in [0.15, 0.2) is 0 Å². The highest BCUT2D eigenvalue weighted by molar-refractivity contribution is 6.11. The topological polar surface area (TPSA) is 42.2 Å². The maximum Gasteiger partial charge on any atom is 0.255 e. The van der Waals surface area contributed by atoms with Crippen molar-refractivity contribution in [2.45, 2.75) is 13.3 Å². The van der Waals surface area contributed by atoms with Gasteiger partial charge in [-0.1, -0.05) is 31.2 Å². The van der Waals surface area contributed by atoms with Crippen LogP contribution in [-0.4, -0.2) is 13.0 Å². The van der Waals surface area contributed by atoms with E-state index in [4.69, 9.17) is 4.42 Å². The second kappa shape index (κ2) is 5.64. The molecule has 4 heteroatoms. The third-order valence-corrected chi connectivity index (χ3v) is 3.73. The molecule has 0 saturated carbocycles. The SMILES string of the molecule is CCc1ccc(-c2oc3ccc(F)cc3c2C(=O)NC)cc1. The average molecular weight is 297 g/mol. The Kier molecular flexibility index (Phi) is 3.67. The standard InChI is InChI=1S/C18H16FNO2/c1-3-11-4-6-12(7-5-11)17-16(18(21)20-2)14-10-13(19)8-9-15(14)22-17/h4-10H,3H2,1-2H3,(H,20,21). The van der Waals surface area contributed by atoms with E-state index in [1.54, 1.807) is 13.1 Å². The number of furan rings is 1. The average Bonchev–Trinajstić information content (AvgIpc) is 2.92. The first-order chi connectivity index (χ1) is 10.6. The number of rotatable bonds is 3. The molecule has 3 rings (SSSR count). The summed E-state index contributed by atoms with van der Waals surface area (Å²) < 4.78 is 19.3. The van der Waals surface area contributed by atoms with Crippen molar-refractivity contribution in [2.24, 2.45) is 0 Å². The molecule has 0 spiro atoms. The number of fused-ring (bicyclic) bond motifs is 1. The number of carbonyl (C=O) groups excluding carboxylic acids is 1. The Morgan fingerprint density at radius 2 is 1.91 bits per heavy atom. The van der Waals surface area contributed by atoms with Crippen molar-refractivity contribution in [2.75, 3.05) is 7.05 Å². The molecule has 22 heavy (non-hydrogen) atoms. The van der Waals surface area contributed by atoms with E-state index < -0.39 is 5.82 Å². The molecule has 1 heterocycles. The fraction of sp³-hybridized carbons (Fsp3) is 0.167. The van der Waals surface area contributed by atoms with Gasteiger partial charge in [0.2, 0.25) is 0 Å². The van der Waals surface area contributed by atoms with Crippen molar-refractivity contribution < 1.29 is 13.6 Å². The first-order valence-corrected chi connectivity index (χ1v) is 7.17. The van der Waals surface area contributed by atoms with Crippen molar-refractivity contribution in [3.05, 3.63) is 59.4 Å². The molecule has 0 bridgehead atoms. The van der Waals surface area contributed by atoms with Crippen LogP contribution in [0.5, 0.6) is 0 Å². The minimum absolute atomic E-state index is 0.293. The van der Waals surface area contributed by atoms with Crippen molar-refractivity contribution in [1.29, 1.82) is 0 Å². The maximum atomic E-state index is 13.5. The van der Waals surface area contributed by atoms with Crippen LogP contribution in [0.15, 0.2) is 46.9 Å². The number of hydrogen-bond acceptors (Lipinski definition) is 2. The summed E-state index contributed by atoms with van der Waals surface area (Å²) in [6, 6.07) is 12.0. The minimum atomic E-state index is -0.397. The number of amides is 1. The van der Waals surface area contributed by atoms with Gasteiger partial charge in [-0.2, -0.15) is 0 Å². The number of nitrogens with one attached hydrogen (secondary N) is 1. The molecule has 0 aliphatic carbocycles. The number of halogens is 1. The largest absolute Gasteiger partial charge is 0.455 e. The zero-order chi connectivity index (χ0) is 15.7. The molecule has 1 aromatic heterocycles. The van der Waals surface area contributed by atoms with Crippen molar-refractivity contribution in [3.63, 3.8) is 0 Å². The highest BCUT2D eigenvalue weighted by Gasteiger charge is 2.21. The van der Waals surface area contributed by atoms with Gasteiger partial charge in [0.05, 0.1) is 5.56 Å². The zero-order valence-corrected chi connectivity index (χ0v) is 12.4. The van der Waals surface area contributed by atoms with E-state index in [9.17, 15) is 9.18 Å². The van der Waals surface area contributed by atoms with Crippen molar-refractivity contribution in [3.8, 4) is 11.3 Å². The Hall–Kier alpha value is -2.62. The zero-order valence-electron chi connectivity index (χ0n) is 12.4. The highest BCUT2D eigenvalue weighted by Crippen LogP contribution is 2.34. The van der Waals surface area contributed by atoms with Crippen LogP contribution in [0.4, 0.5) is 4.39 Å². The van der Waals surface area contributed by atoms with E-state index in [-0.39, 0.29) is 5.91 Å². The first-order valence-electron chi connectivity index (χ1n) is 7.17. The Balaban J connectivity index is 2.25. The molecule has 0 fully saturated rings. The summed E-state index contributed by atoms with van der Waals surface area (Å²) in [5.41, 5.74) is 2.86. The van der Waals surface area contributed by atoms with Crippen LogP contribution in [0.1, 0.15) is 22.8 Å². The molecule has 0 aliphatic rings. The van der Waals surface area contributed by atoms with Crippen LogP contribution in [0.25, 0.3) is 22.3 Å². The molecule has 2 aromatic carbocycles. The molecule has 0 radical (unpaired) electrons. The van der Waals surface area contributed by atoms with Gasteiger partial charge >= 0.3 is 0 Å². The lowest BCUT2D eigenvalue weighted by molar-refractivity contribution is 0.0964. The van der Waals surface area contributed by atoms with Crippen LogP contribution in [-0.2, 0) is 6.42 Å². The lowest BCUT2D eigenvalue weighted by Crippen LogP contribution is -2.18. The van der Waals surface area contributed by atoms with Gasteiger partial charge in [0.25, 0.3) is 5.91 Å². The first kappa shape index (κ1) is 14.3. The Labute approximate surface area is 127 Å². The van der Waals surface area contributed by atoms with Gasteiger partial charge in [0, 0.05) is 18.0 Å². The maximum absolute atomic E-state index is 13.5. The molecular formula is C18H16FNO2. The van der Waals surface area contributed by atoms with E-state index in [2.05, 4.69) is 12.2 Å². The van der Waals surface area contributed by atoms with Crippen molar-refractivity contribution >= 4 is 16.9 Å². The molecule has 0 aliphatic heterocycles. The predicted octanol–water partition coefficient (Wildman–Crippen LogP) is 4.16. The fourth-order valence-electron chi connectivity index (χ4n) is 2.52. The normalized spacial score (nSPS) is 10.9. The van der Waals surface area contributed by atoms with Crippen LogP contribution in [0.2, 0.25) is 0 Å². The second-order valence-electron chi connectivity index (χ2n) is 5.08. The summed E-state index contributed by atoms with van der Waals surface area (Å²) in [4.78, 5) is 12.2. The number of carbonyl (C=O) groups is 1. The van der Waals surface area contributed by atoms with E-state index in [1.165, 1.54) is 17.7 Å². The smallest absolute Gasteiger partial charge is 0.255 e. The summed E-state index contributed by atoms with van der Waals surface area (Å²) in [7, 11) is 1.55. The number of hydrogen-bond donors (Lipinski definition) is 1. The Morgan fingerprint density at radius 1 is 1.18 bits per heavy atom. The molecule has 1 amide bonds. The molecule has 0 atom stereocenters. The number of aryl methyl sites for hydroxylation is 1. The van der Waals surface area contributed by atoms with Gasteiger partial charge < -0.3 is 9.73 Å². The summed E-state index contributed by atoms with van der Waals surface area (Å²) in [6.45, 7) is 2.08. The van der Waals surface area contributed by atoms with E-state index in [1.807, 2.05) is 24.3 Å². The molecule has 0 unspecified atom stereocenters. The van der Waals surface area contributed by atoms with Crippen LogP contribution in [0.3, 0.4) is 0 Å². The van der Waals surface area contributed by atoms with Crippen LogP contribution >= 0.6 is 0 Å². The van der Waals surface area contributed by atoms with Crippen LogP contribution in [0, 0.1) is 5.82 Å². The minimum Gasteiger partial charge on any atom is -0.455 e. The predicted molar refractivity (Wildman–Crippen MR) is 84.4 cm³/mol. The second-order valence-corrected chi connectivity index (χ2v) is 5.08. The lowest BCUT2D eigenvalue weighted by atomic mass is 10.0. The third-order valence-electron chi connectivity index (χ3n) is 3.73. The molecule has 3 nitrogen and oxygen atoms in total. The van der Waals surface area contributed by atoms with Gasteiger partial charge in [-0.25, -0.2) is 4.39 Å². The highest BCUT2D eigenvalue weighted by atomic mass is 19.1. The molecule has 112 valence electrons. The monoisotopic (exact) mass is 297 g/mol. The van der Waals surface area contributed by atoms with Crippen LogP contribution < -0.4 is 5.32 Å². The molecule has 3 aromatic rings. The third kappa shape index (κ3) is 2.37. The van der Waals surface area contributed by atoms with Gasteiger partial charge in [-0.3, -0.25) is 4.79 Å². The molecule has 0 saturated heterocycles. The Morgan fingerprint density at radius 3 is 2.55 bits per heavy atom. The lowest BCUT2D eigenvalue weighted by Gasteiger charge is -2.03. The van der Waals surface area contributed by atoms with Crippen molar-refractivity contribution in [1.82, 2.24) is 5.32 Å². The summed E-state index contributed by atoms with van der Waals surface area (Å²) in [5.74, 6) is -0.229. The van der Waals surface area contributed by atoms with E-state index >= 15 is 0 Å². The fourth-order valence-corrected chi connectivity index (χ4v) is 2.52. The summed E-state index contributed by atoms with van der Waals surface area (Å²) in [6.07, 6.45) is 0.938. The van der Waals surface area contributed by atoms with Gasteiger partial charge in [0.1, 0.15) is 17.2 Å². The number of benzene rings is 2.